The van der Waals surface area contributed by atoms with Crippen LogP contribution in [0.2, 0.25) is 0 Å². The minimum Gasteiger partial charge on any atom is -0.481 e. The summed E-state index contributed by atoms with van der Waals surface area (Å²) in [7, 11) is 1.55. The lowest BCUT2D eigenvalue weighted by Crippen LogP contribution is -2.23. The fourth-order valence-corrected chi connectivity index (χ4v) is 1.87. The third-order valence-corrected chi connectivity index (χ3v) is 3.08. The molecule has 1 amide bonds. The first kappa shape index (κ1) is 15.0. The summed E-state index contributed by atoms with van der Waals surface area (Å²) in [5, 5.41) is 2.78. The number of rotatable bonds is 6. The summed E-state index contributed by atoms with van der Waals surface area (Å²) in [6, 6.07) is 10.1. The molecular formula is C16H17FN2O2. The lowest BCUT2D eigenvalue weighted by atomic mass is 10.1. The highest BCUT2D eigenvalue weighted by atomic mass is 19.1. The van der Waals surface area contributed by atoms with E-state index in [4.69, 9.17) is 4.74 Å². The Morgan fingerprint density at radius 2 is 2.10 bits per heavy atom. The van der Waals surface area contributed by atoms with Crippen LogP contribution >= 0.6 is 0 Å². The van der Waals surface area contributed by atoms with Gasteiger partial charge in [-0.05, 0) is 23.6 Å². The Balaban J connectivity index is 1.78. The molecular weight excluding hydrogens is 271 g/mol. The number of benzene rings is 1. The van der Waals surface area contributed by atoms with Crippen LogP contribution in [0.5, 0.6) is 5.88 Å². The highest BCUT2D eigenvalue weighted by Crippen LogP contribution is 2.09. The third-order valence-electron chi connectivity index (χ3n) is 3.08. The number of nitrogens with one attached hydrogen (secondary N) is 1. The van der Waals surface area contributed by atoms with Crippen LogP contribution in [0.25, 0.3) is 0 Å². The van der Waals surface area contributed by atoms with Gasteiger partial charge in [-0.15, -0.1) is 0 Å². The van der Waals surface area contributed by atoms with Crippen LogP contribution in [0.4, 0.5) is 4.39 Å². The quantitative estimate of drug-likeness (QED) is 0.888. The highest BCUT2D eigenvalue weighted by Gasteiger charge is 2.05. The van der Waals surface area contributed by atoms with Crippen LogP contribution in [0.15, 0.2) is 42.6 Å². The van der Waals surface area contributed by atoms with Crippen molar-refractivity contribution in [3.8, 4) is 5.88 Å². The Hall–Kier alpha value is -2.43. The Morgan fingerprint density at radius 3 is 2.76 bits per heavy atom. The maximum atomic E-state index is 13.4. The van der Waals surface area contributed by atoms with Crippen LogP contribution in [0.3, 0.4) is 0 Å². The van der Waals surface area contributed by atoms with E-state index in [2.05, 4.69) is 10.3 Å². The van der Waals surface area contributed by atoms with E-state index < -0.39 is 0 Å². The van der Waals surface area contributed by atoms with Gasteiger partial charge in [-0.25, -0.2) is 9.37 Å². The number of halogens is 1. The molecule has 1 N–H and O–H groups in total. The molecule has 110 valence electrons. The average molecular weight is 288 g/mol. The van der Waals surface area contributed by atoms with E-state index in [-0.39, 0.29) is 18.1 Å². The van der Waals surface area contributed by atoms with E-state index in [1.54, 1.807) is 37.6 Å². The van der Waals surface area contributed by atoms with Gasteiger partial charge < -0.3 is 10.1 Å². The predicted molar refractivity (Wildman–Crippen MR) is 77.4 cm³/mol. The standard InChI is InChI=1S/C16H17FN2O2/c1-21-16-9-6-12(11-19-16)10-18-15(20)8-7-13-4-2-3-5-14(13)17/h2-6,9,11H,7-8,10H2,1H3,(H,18,20). The SMILES string of the molecule is COc1ccc(CNC(=O)CCc2ccccc2F)cn1. The van der Waals surface area contributed by atoms with E-state index in [0.717, 1.165) is 5.56 Å². The van der Waals surface area contributed by atoms with E-state index >= 15 is 0 Å². The molecule has 0 aliphatic heterocycles. The molecule has 0 aliphatic carbocycles. The van der Waals surface area contributed by atoms with Crippen LogP contribution < -0.4 is 10.1 Å². The topological polar surface area (TPSA) is 51.2 Å². The predicted octanol–water partition coefficient (Wildman–Crippen LogP) is 2.48. The second kappa shape index (κ2) is 7.38. The van der Waals surface area contributed by atoms with Gasteiger partial charge in [-0.3, -0.25) is 4.79 Å². The van der Waals surface area contributed by atoms with Crippen molar-refractivity contribution >= 4 is 5.91 Å². The van der Waals surface area contributed by atoms with Gasteiger partial charge in [0.1, 0.15) is 5.82 Å². The fraction of sp³-hybridized carbons (Fsp3) is 0.250. The molecule has 0 atom stereocenters. The summed E-state index contributed by atoms with van der Waals surface area (Å²) in [5.74, 6) is 0.142. The fourth-order valence-electron chi connectivity index (χ4n) is 1.87. The largest absolute Gasteiger partial charge is 0.481 e. The lowest BCUT2D eigenvalue weighted by Gasteiger charge is -2.06. The molecule has 0 unspecified atom stereocenters. The number of carbonyl (C=O) groups excluding carboxylic acids is 1. The van der Waals surface area contributed by atoms with Crippen molar-refractivity contribution < 1.29 is 13.9 Å². The van der Waals surface area contributed by atoms with Crippen LogP contribution in [0.1, 0.15) is 17.5 Å². The smallest absolute Gasteiger partial charge is 0.220 e. The van der Waals surface area contributed by atoms with Crippen molar-refractivity contribution in [1.29, 1.82) is 0 Å². The number of hydrogen-bond donors (Lipinski definition) is 1. The number of aryl methyl sites for hydroxylation is 1. The van der Waals surface area contributed by atoms with Crippen LogP contribution in [0, 0.1) is 5.82 Å². The zero-order chi connectivity index (χ0) is 15.1. The summed E-state index contributed by atoms with van der Waals surface area (Å²) in [6.45, 7) is 0.396. The van der Waals surface area contributed by atoms with E-state index in [1.165, 1.54) is 6.07 Å². The van der Waals surface area contributed by atoms with Crippen molar-refractivity contribution in [3.63, 3.8) is 0 Å². The summed E-state index contributed by atoms with van der Waals surface area (Å²) in [5.41, 5.74) is 1.44. The van der Waals surface area contributed by atoms with Crippen molar-refractivity contribution in [2.75, 3.05) is 7.11 Å². The van der Waals surface area contributed by atoms with Gasteiger partial charge in [0.25, 0.3) is 0 Å². The molecule has 1 aromatic carbocycles. The number of aromatic nitrogens is 1. The Kier molecular flexibility index (Phi) is 5.26. The minimum absolute atomic E-state index is 0.117. The van der Waals surface area contributed by atoms with E-state index in [1.807, 2.05) is 6.07 Å². The number of hydrogen-bond acceptors (Lipinski definition) is 3. The van der Waals surface area contributed by atoms with Gasteiger partial charge in [0.2, 0.25) is 11.8 Å². The molecule has 0 radical (unpaired) electrons. The van der Waals surface area contributed by atoms with Crippen LogP contribution in [-0.4, -0.2) is 18.0 Å². The van der Waals surface area contributed by atoms with E-state index in [0.29, 0.717) is 24.4 Å². The molecule has 0 bridgehead atoms. The number of pyridine rings is 1. The van der Waals surface area contributed by atoms with E-state index in [9.17, 15) is 9.18 Å². The maximum absolute atomic E-state index is 13.4. The van der Waals surface area contributed by atoms with Gasteiger partial charge in [-0.2, -0.15) is 0 Å². The Morgan fingerprint density at radius 1 is 1.29 bits per heavy atom. The zero-order valence-corrected chi connectivity index (χ0v) is 11.8. The molecule has 1 heterocycles. The highest BCUT2D eigenvalue weighted by molar-refractivity contribution is 5.76. The molecule has 4 nitrogen and oxygen atoms in total. The second-order valence-electron chi connectivity index (χ2n) is 4.58. The minimum atomic E-state index is -0.273. The number of methoxy groups -OCH3 is 1. The first-order valence-electron chi connectivity index (χ1n) is 6.68. The molecule has 5 heteroatoms. The number of carbonyl (C=O) groups is 1. The molecule has 0 fully saturated rings. The zero-order valence-electron chi connectivity index (χ0n) is 11.8. The Labute approximate surface area is 123 Å². The molecule has 0 aliphatic rings. The number of nitrogens with zero attached hydrogens (tertiary/aromatic N) is 1. The summed E-state index contributed by atoms with van der Waals surface area (Å²) in [4.78, 5) is 15.8. The molecule has 1 aromatic heterocycles. The summed E-state index contributed by atoms with van der Waals surface area (Å²) < 4.78 is 18.4. The summed E-state index contributed by atoms with van der Waals surface area (Å²) >= 11 is 0. The molecule has 21 heavy (non-hydrogen) atoms. The molecule has 2 aromatic rings. The van der Waals surface area contributed by atoms with Gasteiger partial charge in [0, 0.05) is 25.2 Å². The first-order chi connectivity index (χ1) is 10.2. The monoisotopic (exact) mass is 288 g/mol. The molecule has 2 rings (SSSR count). The maximum Gasteiger partial charge on any atom is 0.220 e. The van der Waals surface area contributed by atoms with Gasteiger partial charge >= 0.3 is 0 Å². The van der Waals surface area contributed by atoms with Gasteiger partial charge in [0.15, 0.2) is 0 Å². The molecule has 0 saturated heterocycles. The second-order valence-corrected chi connectivity index (χ2v) is 4.58. The van der Waals surface area contributed by atoms with Crippen molar-refractivity contribution in [2.24, 2.45) is 0 Å². The summed E-state index contributed by atoms with van der Waals surface area (Å²) in [6.07, 6.45) is 2.29. The first-order valence-corrected chi connectivity index (χ1v) is 6.68. The van der Waals surface area contributed by atoms with Crippen molar-refractivity contribution in [3.05, 3.63) is 59.5 Å². The average Bonchev–Trinajstić information content (AvgIpc) is 2.52. The molecule has 0 saturated carbocycles. The van der Waals surface area contributed by atoms with Gasteiger partial charge in [-0.1, -0.05) is 24.3 Å². The third kappa shape index (κ3) is 4.56. The normalized spacial score (nSPS) is 10.2. The van der Waals surface area contributed by atoms with Crippen LogP contribution in [-0.2, 0) is 17.8 Å². The van der Waals surface area contributed by atoms with Crippen molar-refractivity contribution in [2.45, 2.75) is 19.4 Å². The van der Waals surface area contributed by atoms with Crippen molar-refractivity contribution in [1.82, 2.24) is 10.3 Å². The number of amides is 1. The van der Waals surface area contributed by atoms with Gasteiger partial charge in [0.05, 0.1) is 7.11 Å². The number of ether oxygens (including phenoxy) is 1. The Bertz CT molecular complexity index is 599. The molecule has 0 spiro atoms. The lowest BCUT2D eigenvalue weighted by molar-refractivity contribution is -0.121.